The molecule has 0 amide bonds. The molecule has 0 N–H and O–H groups in total. The summed E-state index contributed by atoms with van der Waals surface area (Å²) in [5.74, 6) is -0.505. The number of ether oxygens (including phenoxy) is 1. The van der Waals surface area contributed by atoms with E-state index >= 15 is 0 Å². The fraction of sp³-hybridized carbons (Fsp3) is 0.125. The summed E-state index contributed by atoms with van der Waals surface area (Å²) < 4.78 is 15.9. The number of aryl methyl sites for hydroxylation is 1. The lowest BCUT2D eigenvalue weighted by Gasteiger charge is -2.06. The molecule has 2 aromatic heterocycles. The summed E-state index contributed by atoms with van der Waals surface area (Å²) in [6, 6.07) is 9.94. The molecule has 0 saturated carbocycles. The average molecular weight is 363 g/mol. The fourth-order valence-electron chi connectivity index (χ4n) is 2.09. The molecule has 5 nitrogen and oxygen atoms in total. The molecular weight excluding hydrogens is 352 g/mol. The van der Waals surface area contributed by atoms with Crippen LogP contribution in [0.3, 0.4) is 0 Å². The van der Waals surface area contributed by atoms with Crippen molar-refractivity contribution in [1.82, 2.24) is 0 Å². The van der Waals surface area contributed by atoms with Gasteiger partial charge in [0.1, 0.15) is 12.2 Å². The quantitative estimate of drug-likeness (QED) is 0.523. The van der Waals surface area contributed by atoms with Crippen LogP contribution in [0.2, 0.25) is 0 Å². The maximum atomic E-state index is 11.9. The highest BCUT2D eigenvalue weighted by Gasteiger charge is 2.14. The van der Waals surface area contributed by atoms with Gasteiger partial charge in [-0.1, -0.05) is 12.1 Å². The Kier molecular flexibility index (Phi) is 3.85. The van der Waals surface area contributed by atoms with Crippen LogP contribution in [0.25, 0.3) is 11.0 Å². The van der Waals surface area contributed by atoms with Crippen LogP contribution in [0.5, 0.6) is 0 Å². The third-order valence-electron chi connectivity index (χ3n) is 3.12. The first kappa shape index (κ1) is 14.6. The van der Waals surface area contributed by atoms with Crippen molar-refractivity contribution < 1.29 is 18.4 Å². The zero-order valence-electron chi connectivity index (χ0n) is 11.6. The largest absolute Gasteiger partial charge is 0.455 e. The number of rotatable bonds is 3. The predicted octanol–water partition coefficient (Wildman–Crippen LogP) is 3.81. The highest BCUT2D eigenvalue weighted by molar-refractivity contribution is 9.10. The standard InChI is InChI=1S/C16H11BrO5/c1-9-2-3-11-10(7-15(18)22-13(11)6-9)8-20-16(19)12-4-5-14(17)21-12/h2-7H,8H2,1H3. The van der Waals surface area contributed by atoms with E-state index in [2.05, 4.69) is 15.9 Å². The molecule has 0 bridgehead atoms. The van der Waals surface area contributed by atoms with Crippen molar-refractivity contribution >= 4 is 32.9 Å². The van der Waals surface area contributed by atoms with Crippen molar-refractivity contribution in [1.29, 1.82) is 0 Å². The van der Waals surface area contributed by atoms with E-state index in [1.165, 1.54) is 12.1 Å². The maximum Gasteiger partial charge on any atom is 0.374 e. The van der Waals surface area contributed by atoms with Crippen LogP contribution in [-0.4, -0.2) is 5.97 Å². The van der Waals surface area contributed by atoms with E-state index in [4.69, 9.17) is 13.6 Å². The predicted molar refractivity (Wildman–Crippen MR) is 82.7 cm³/mol. The van der Waals surface area contributed by atoms with Crippen LogP contribution in [0, 0.1) is 6.92 Å². The number of furan rings is 1. The third-order valence-corrected chi connectivity index (χ3v) is 3.55. The summed E-state index contributed by atoms with van der Waals surface area (Å²) >= 11 is 3.12. The molecule has 0 spiro atoms. The molecule has 2 heterocycles. The summed E-state index contributed by atoms with van der Waals surface area (Å²) in [6.07, 6.45) is 0. The van der Waals surface area contributed by atoms with Crippen LogP contribution < -0.4 is 5.63 Å². The Labute approximate surface area is 133 Å². The van der Waals surface area contributed by atoms with Gasteiger partial charge in [-0.25, -0.2) is 9.59 Å². The van der Waals surface area contributed by atoms with E-state index < -0.39 is 11.6 Å². The number of benzene rings is 1. The van der Waals surface area contributed by atoms with E-state index in [9.17, 15) is 9.59 Å². The topological polar surface area (TPSA) is 69.7 Å². The molecule has 0 aliphatic carbocycles. The van der Waals surface area contributed by atoms with Crippen LogP contribution in [-0.2, 0) is 11.3 Å². The summed E-state index contributed by atoms with van der Waals surface area (Å²) in [4.78, 5) is 23.5. The summed E-state index contributed by atoms with van der Waals surface area (Å²) in [7, 11) is 0. The molecule has 0 saturated heterocycles. The van der Waals surface area contributed by atoms with Crippen molar-refractivity contribution in [2.24, 2.45) is 0 Å². The van der Waals surface area contributed by atoms with E-state index in [0.717, 1.165) is 10.9 Å². The van der Waals surface area contributed by atoms with Crippen molar-refractivity contribution in [2.45, 2.75) is 13.5 Å². The van der Waals surface area contributed by atoms with Crippen LogP contribution in [0.15, 0.2) is 54.7 Å². The Morgan fingerprint density at radius 2 is 2.00 bits per heavy atom. The van der Waals surface area contributed by atoms with Gasteiger partial charge in [0.25, 0.3) is 0 Å². The van der Waals surface area contributed by atoms with Crippen molar-refractivity contribution in [3.8, 4) is 0 Å². The number of carbonyl (C=O) groups excluding carboxylic acids is 1. The molecule has 1 aromatic carbocycles. The second-order valence-corrected chi connectivity index (χ2v) is 5.55. The maximum absolute atomic E-state index is 11.9. The van der Waals surface area contributed by atoms with Crippen LogP contribution >= 0.6 is 15.9 Å². The smallest absolute Gasteiger partial charge is 0.374 e. The molecule has 6 heteroatoms. The van der Waals surface area contributed by atoms with Gasteiger partial charge >= 0.3 is 11.6 Å². The highest BCUT2D eigenvalue weighted by atomic mass is 79.9. The minimum atomic E-state index is -0.598. The van der Waals surface area contributed by atoms with Crippen molar-refractivity contribution in [3.63, 3.8) is 0 Å². The molecule has 22 heavy (non-hydrogen) atoms. The molecule has 0 fully saturated rings. The minimum absolute atomic E-state index is 0.0394. The van der Waals surface area contributed by atoms with Gasteiger partial charge in [0.05, 0.1) is 0 Å². The van der Waals surface area contributed by atoms with Crippen LogP contribution in [0.4, 0.5) is 0 Å². The molecule has 3 rings (SSSR count). The van der Waals surface area contributed by atoms with Gasteiger partial charge in [0, 0.05) is 17.0 Å². The molecule has 0 radical (unpaired) electrons. The van der Waals surface area contributed by atoms with Crippen LogP contribution in [0.1, 0.15) is 21.7 Å². The van der Waals surface area contributed by atoms with Gasteiger partial charge in [-0.05, 0) is 46.6 Å². The van der Waals surface area contributed by atoms with Gasteiger partial charge in [0.15, 0.2) is 4.67 Å². The first-order valence-corrected chi connectivity index (χ1v) is 7.28. The Bertz CT molecular complexity index is 906. The molecular formula is C16H11BrO5. The highest BCUT2D eigenvalue weighted by Crippen LogP contribution is 2.20. The first-order chi connectivity index (χ1) is 10.5. The van der Waals surface area contributed by atoms with E-state index in [1.807, 2.05) is 19.1 Å². The fourth-order valence-corrected chi connectivity index (χ4v) is 2.40. The molecule has 0 aliphatic heterocycles. The Morgan fingerprint density at radius 1 is 1.18 bits per heavy atom. The number of hydrogen-bond acceptors (Lipinski definition) is 5. The second kappa shape index (κ2) is 5.81. The lowest BCUT2D eigenvalue weighted by atomic mass is 10.1. The zero-order chi connectivity index (χ0) is 15.7. The van der Waals surface area contributed by atoms with Gasteiger partial charge in [-0.3, -0.25) is 0 Å². The lowest BCUT2D eigenvalue weighted by molar-refractivity contribution is 0.0436. The molecule has 0 unspecified atom stereocenters. The number of fused-ring (bicyclic) bond motifs is 1. The minimum Gasteiger partial charge on any atom is -0.455 e. The Hall–Kier alpha value is -2.34. The van der Waals surface area contributed by atoms with E-state index in [0.29, 0.717) is 15.8 Å². The van der Waals surface area contributed by atoms with E-state index in [1.54, 1.807) is 12.1 Å². The van der Waals surface area contributed by atoms with Gasteiger partial charge < -0.3 is 13.6 Å². The van der Waals surface area contributed by atoms with Gasteiger partial charge in [-0.2, -0.15) is 0 Å². The summed E-state index contributed by atoms with van der Waals surface area (Å²) in [5, 5.41) is 0.735. The SMILES string of the molecule is Cc1ccc2c(COC(=O)c3ccc(Br)o3)cc(=O)oc2c1. The van der Waals surface area contributed by atoms with E-state index in [-0.39, 0.29) is 12.4 Å². The van der Waals surface area contributed by atoms with Gasteiger partial charge in [0.2, 0.25) is 5.76 Å². The molecule has 3 aromatic rings. The summed E-state index contributed by atoms with van der Waals surface area (Å²) in [6.45, 7) is 1.86. The Balaban J connectivity index is 1.87. The number of halogens is 1. The third kappa shape index (κ3) is 2.96. The van der Waals surface area contributed by atoms with Gasteiger partial charge in [-0.15, -0.1) is 0 Å². The second-order valence-electron chi connectivity index (χ2n) is 4.77. The van der Waals surface area contributed by atoms with Crippen molar-refractivity contribution in [2.75, 3.05) is 0 Å². The zero-order valence-corrected chi connectivity index (χ0v) is 13.2. The number of carbonyl (C=O) groups is 1. The lowest BCUT2D eigenvalue weighted by Crippen LogP contribution is -2.07. The number of esters is 1. The normalized spacial score (nSPS) is 10.8. The monoisotopic (exact) mass is 362 g/mol. The molecule has 0 aliphatic rings. The number of hydrogen-bond donors (Lipinski definition) is 0. The van der Waals surface area contributed by atoms with Crippen molar-refractivity contribution in [3.05, 3.63) is 68.4 Å². The Morgan fingerprint density at radius 3 is 2.73 bits per heavy atom. The molecule has 0 atom stereocenters. The summed E-state index contributed by atoms with van der Waals surface area (Å²) in [5.41, 5.74) is 1.56. The average Bonchev–Trinajstić information content (AvgIpc) is 2.90. The molecule has 112 valence electrons. The first-order valence-electron chi connectivity index (χ1n) is 6.49.